The first-order valence-corrected chi connectivity index (χ1v) is 9.78. The number of nitrogens with one attached hydrogen (secondary N) is 1. The van der Waals surface area contributed by atoms with Gasteiger partial charge < -0.3 is 11.1 Å². The second kappa shape index (κ2) is 6.82. The van der Waals surface area contributed by atoms with Gasteiger partial charge in [0.1, 0.15) is 0 Å². The summed E-state index contributed by atoms with van der Waals surface area (Å²) in [5.41, 5.74) is 7.83. The van der Waals surface area contributed by atoms with E-state index in [1.54, 1.807) is 11.3 Å². The van der Waals surface area contributed by atoms with Crippen LogP contribution in [0, 0.1) is 5.92 Å². The van der Waals surface area contributed by atoms with Gasteiger partial charge in [0.25, 0.3) is 5.91 Å². The molecule has 4 rings (SSSR count). The molecule has 3 heterocycles. The van der Waals surface area contributed by atoms with E-state index in [0.29, 0.717) is 5.92 Å². The molecule has 128 valence electrons. The Labute approximate surface area is 157 Å². The molecule has 0 saturated carbocycles. The van der Waals surface area contributed by atoms with Gasteiger partial charge in [-0.2, -0.15) is 5.10 Å². The standard InChI is InChI=1S/C18H17BrN4OS/c19-12-3-1-11(2-4-12)15-8-13-14(7-10-5-6-21-9-10)22-23-16(18(20)24)17(13)25-15/h1-4,8,10,21H,5-7,9H2,(H2,20,24). The Bertz CT molecular complexity index is 932. The maximum absolute atomic E-state index is 11.8. The van der Waals surface area contributed by atoms with Gasteiger partial charge in [0.2, 0.25) is 0 Å². The quantitative estimate of drug-likeness (QED) is 0.682. The van der Waals surface area contributed by atoms with Gasteiger partial charge in [-0.1, -0.05) is 28.1 Å². The van der Waals surface area contributed by atoms with E-state index in [9.17, 15) is 4.79 Å². The van der Waals surface area contributed by atoms with Crippen LogP contribution in [-0.4, -0.2) is 29.2 Å². The van der Waals surface area contributed by atoms with E-state index in [0.717, 1.165) is 56.6 Å². The number of primary amides is 1. The highest BCUT2D eigenvalue weighted by Crippen LogP contribution is 2.37. The van der Waals surface area contributed by atoms with Gasteiger partial charge in [-0.05, 0) is 55.6 Å². The van der Waals surface area contributed by atoms with Crippen molar-refractivity contribution in [3.63, 3.8) is 0 Å². The fourth-order valence-corrected chi connectivity index (χ4v) is 4.66. The Morgan fingerprint density at radius 1 is 1.32 bits per heavy atom. The molecule has 1 amide bonds. The minimum absolute atomic E-state index is 0.261. The Kier molecular flexibility index (Phi) is 4.54. The van der Waals surface area contributed by atoms with E-state index in [4.69, 9.17) is 5.73 Å². The molecule has 25 heavy (non-hydrogen) atoms. The SMILES string of the molecule is NC(=O)c1nnc(CC2CCNC2)c2cc(-c3ccc(Br)cc3)sc12. The van der Waals surface area contributed by atoms with Crippen LogP contribution in [0.5, 0.6) is 0 Å². The van der Waals surface area contributed by atoms with Crippen LogP contribution in [-0.2, 0) is 6.42 Å². The lowest BCUT2D eigenvalue weighted by Crippen LogP contribution is -2.16. The Morgan fingerprint density at radius 3 is 2.80 bits per heavy atom. The van der Waals surface area contributed by atoms with E-state index < -0.39 is 5.91 Å². The molecule has 3 aromatic rings. The summed E-state index contributed by atoms with van der Waals surface area (Å²) in [5, 5.41) is 12.8. The average molecular weight is 417 g/mol. The van der Waals surface area contributed by atoms with E-state index in [1.807, 2.05) is 12.1 Å². The molecule has 0 spiro atoms. The summed E-state index contributed by atoms with van der Waals surface area (Å²) >= 11 is 5.01. The molecule has 1 saturated heterocycles. The summed E-state index contributed by atoms with van der Waals surface area (Å²) in [6.45, 7) is 2.05. The normalized spacial score (nSPS) is 17.2. The number of rotatable bonds is 4. The van der Waals surface area contributed by atoms with Gasteiger partial charge >= 0.3 is 0 Å². The van der Waals surface area contributed by atoms with Crippen LogP contribution in [0.15, 0.2) is 34.8 Å². The minimum Gasteiger partial charge on any atom is -0.364 e. The molecule has 0 aliphatic carbocycles. The van der Waals surface area contributed by atoms with Crippen molar-refractivity contribution in [2.24, 2.45) is 11.7 Å². The topological polar surface area (TPSA) is 80.9 Å². The molecule has 7 heteroatoms. The fraction of sp³-hybridized carbons (Fsp3) is 0.278. The number of fused-ring (bicyclic) bond motifs is 1. The molecule has 1 aliphatic rings. The highest BCUT2D eigenvalue weighted by atomic mass is 79.9. The van der Waals surface area contributed by atoms with Crippen molar-refractivity contribution < 1.29 is 4.79 Å². The average Bonchev–Trinajstić information content (AvgIpc) is 3.25. The second-order valence-electron chi connectivity index (χ2n) is 6.28. The summed E-state index contributed by atoms with van der Waals surface area (Å²) in [7, 11) is 0. The van der Waals surface area contributed by atoms with Crippen LogP contribution in [0.2, 0.25) is 0 Å². The van der Waals surface area contributed by atoms with E-state index in [-0.39, 0.29) is 5.69 Å². The van der Waals surface area contributed by atoms with Gasteiger partial charge in [0, 0.05) is 14.7 Å². The van der Waals surface area contributed by atoms with Crippen LogP contribution in [0.4, 0.5) is 0 Å². The lowest BCUT2D eigenvalue weighted by atomic mass is 10.0. The first-order valence-electron chi connectivity index (χ1n) is 8.17. The second-order valence-corrected chi connectivity index (χ2v) is 8.25. The number of amides is 1. The van der Waals surface area contributed by atoms with Crippen molar-refractivity contribution in [1.82, 2.24) is 15.5 Å². The van der Waals surface area contributed by atoms with Gasteiger partial charge in [0.05, 0.1) is 10.4 Å². The maximum atomic E-state index is 11.8. The third-order valence-corrected chi connectivity index (χ3v) is 6.25. The minimum atomic E-state index is -0.532. The van der Waals surface area contributed by atoms with Crippen molar-refractivity contribution >= 4 is 43.3 Å². The van der Waals surface area contributed by atoms with Crippen molar-refractivity contribution in [1.29, 1.82) is 0 Å². The van der Waals surface area contributed by atoms with Gasteiger partial charge in [0.15, 0.2) is 5.69 Å². The van der Waals surface area contributed by atoms with E-state index in [1.165, 1.54) is 0 Å². The molecular formula is C18H17BrN4OS. The molecule has 0 bridgehead atoms. The predicted molar refractivity (Wildman–Crippen MR) is 104 cm³/mol. The van der Waals surface area contributed by atoms with Crippen molar-refractivity contribution in [3.05, 3.63) is 46.2 Å². The monoisotopic (exact) mass is 416 g/mol. The summed E-state index contributed by atoms with van der Waals surface area (Å²) in [4.78, 5) is 12.9. The Morgan fingerprint density at radius 2 is 2.12 bits per heavy atom. The predicted octanol–water partition coefficient (Wildman–Crippen LogP) is 3.37. The van der Waals surface area contributed by atoms with Crippen LogP contribution in [0.3, 0.4) is 0 Å². The zero-order chi connectivity index (χ0) is 17.4. The van der Waals surface area contributed by atoms with E-state index in [2.05, 4.69) is 49.6 Å². The Hall–Kier alpha value is -1.83. The number of carbonyl (C=O) groups excluding carboxylic acids is 1. The number of hydrogen-bond acceptors (Lipinski definition) is 5. The zero-order valence-corrected chi connectivity index (χ0v) is 15.9. The molecule has 1 atom stereocenters. The first-order chi connectivity index (χ1) is 12.1. The molecule has 5 nitrogen and oxygen atoms in total. The number of halogens is 1. The summed E-state index contributed by atoms with van der Waals surface area (Å²) in [6, 6.07) is 10.2. The molecule has 0 radical (unpaired) electrons. The number of carbonyl (C=O) groups is 1. The summed E-state index contributed by atoms with van der Waals surface area (Å²) < 4.78 is 1.87. The third kappa shape index (κ3) is 3.31. The van der Waals surface area contributed by atoms with Gasteiger partial charge in [-0.25, -0.2) is 0 Å². The molecule has 1 unspecified atom stereocenters. The van der Waals surface area contributed by atoms with Crippen molar-refractivity contribution in [2.75, 3.05) is 13.1 Å². The number of thiophene rings is 1. The molecule has 2 aromatic heterocycles. The number of benzene rings is 1. The van der Waals surface area contributed by atoms with Gasteiger partial charge in [-0.3, -0.25) is 4.79 Å². The van der Waals surface area contributed by atoms with Crippen molar-refractivity contribution in [2.45, 2.75) is 12.8 Å². The lowest BCUT2D eigenvalue weighted by Gasteiger charge is -2.08. The number of aromatic nitrogens is 2. The zero-order valence-electron chi connectivity index (χ0n) is 13.5. The fourth-order valence-electron chi connectivity index (χ4n) is 3.22. The number of hydrogen-bond donors (Lipinski definition) is 2. The molecule has 1 fully saturated rings. The first kappa shape index (κ1) is 16.6. The molecule has 1 aliphatic heterocycles. The lowest BCUT2D eigenvalue weighted by molar-refractivity contribution is 0.0996. The highest BCUT2D eigenvalue weighted by molar-refractivity contribution is 9.10. The molecule has 1 aromatic carbocycles. The molecule has 3 N–H and O–H groups in total. The smallest absolute Gasteiger partial charge is 0.270 e. The maximum Gasteiger partial charge on any atom is 0.270 e. The van der Waals surface area contributed by atoms with Crippen LogP contribution in [0.25, 0.3) is 20.5 Å². The molecular weight excluding hydrogens is 400 g/mol. The van der Waals surface area contributed by atoms with Crippen molar-refractivity contribution in [3.8, 4) is 10.4 Å². The summed E-state index contributed by atoms with van der Waals surface area (Å²) in [5.74, 6) is 0.0312. The van der Waals surface area contributed by atoms with E-state index >= 15 is 0 Å². The Balaban J connectivity index is 1.82. The highest BCUT2D eigenvalue weighted by Gasteiger charge is 2.21. The van der Waals surface area contributed by atoms with Crippen LogP contribution in [0.1, 0.15) is 22.6 Å². The largest absolute Gasteiger partial charge is 0.364 e. The third-order valence-electron chi connectivity index (χ3n) is 4.54. The van der Waals surface area contributed by atoms with Crippen LogP contribution < -0.4 is 11.1 Å². The summed E-state index contributed by atoms with van der Waals surface area (Å²) in [6.07, 6.45) is 2.01. The number of nitrogens with zero attached hydrogens (tertiary/aromatic N) is 2. The number of nitrogens with two attached hydrogens (primary N) is 1. The van der Waals surface area contributed by atoms with Gasteiger partial charge in [-0.15, -0.1) is 16.4 Å². The van der Waals surface area contributed by atoms with Crippen LogP contribution >= 0.6 is 27.3 Å².